The summed E-state index contributed by atoms with van der Waals surface area (Å²) in [5.41, 5.74) is 1.27. The minimum atomic E-state index is 0.894. The molecule has 0 N–H and O–H groups in total. The van der Waals surface area contributed by atoms with Crippen LogP contribution in [-0.2, 0) is 0 Å². The maximum atomic E-state index is 5.19. The van der Waals surface area contributed by atoms with E-state index in [2.05, 4.69) is 31.2 Å². The highest BCUT2D eigenvalue weighted by Crippen LogP contribution is 2.21. The van der Waals surface area contributed by atoms with Crippen LogP contribution in [0.15, 0.2) is 29.2 Å². The second kappa shape index (κ2) is 4.63. The smallest absolute Gasteiger partial charge is 0.140 e. The van der Waals surface area contributed by atoms with Gasteiger partial charge in [-0.3, -0.25) is 0 Å². The zero-order valence-electron chi connectivity index (χ0n) is 8.07. The molecule has 0 radical (unpaired) electrons. The number of hydrogen-bond donors (Lipinski definition) is 0. The van der Waals surface area contributed by atoms with Crippen LogP contribution in [0.5, 0.6) is 0 Å². The van der Waals surface area contributed by atoms with Gasteiger partial charge < -0.3 is 4.90 Å². The Bertz CT molecular complexity index is 308. The molecule has 0 aliphatic rings. The molecule has 0 unspecified atom stereocenters. The van der Waals surface area contributed by atoms with Crippen LogP contribution in [0, 0.1) is 6.92 Å². The van der Waals surface area contributed by atoms with Gasteiger partial charge in [-0.25, -0.2) is 0 Å². The summed E-state index contributed by atoms with van der Waals surface area (Å²) in [6, 6.07) is 8.35. The highest BCUT2D eigenvalue weighted by atomic mass is 32.2. The molecular formula is C10H13NS2. The maximum absolute atomic E-state index is 5.19. The molecule has 0 heterocycles. The van der Waals surface area contributed by atoms with Gasteiger partial charge in [0.25, 0.3) is 0 Å². The lowest BCUT2D eigenvalue weighted by Crippen LogP contribution is -2.15. The number of benzene rings is 1. The fraction of sp³-hybridized carbons (Fsp3) is 0.300. The van der Waals surface area contributed by atoms with Gasteiger partial charge in [0, 0.05) is 19.0 Å². The van der Waals surface area contributed by atoms with Gasteiger partial charge in [-0.2, -0.15) is 0 Å². The molecule has 0 saturated heterocycles. The second-order valence-corrected chi connectivity index (χ2v) is 4.79. The number of rotatable bonds is 1. The molecule has 1 rings (SSSR count). The lowest BCUT2D eigenvalue weighted by atomic mass is 10.2. The van der Waals surface area contributed by atoms with Crippen LogP contribution in [-0.4, -0.2) is 23.3 Å². The van der Waals surface area contributed by atoms with Gasteiger partial charge in [-0.15, -0.1) is 0 Å². The summed E-state index contributed by atoms with van der Waals surface area (Å²) < 4.78 is 0.894. The molecule has 1 aromatic carbocycles. The normalized spacial score (nSPS) is 9.77. The number of nitrogens with zero attached hydrogens (tertiary/aromatic N) is 1. The van der Waals surface area contributed by atoms with Crippen LogP contribution in [0.25, 0.3) is 0 Å². The minimum Gasteiger partial charge on any atom is -0.363 e. The second-order valence-electron chi connectivity index (χ2n) is 3.08. The molecule has 0 amide bonds. The molecule has 70 valence electrons. The van der Waals surface area contributed by atoms with Crippen LogP contribution in [0.1, 0.15) is 5.56 Å². The fourth-order valence-corrected chi connectivity index (χ4v) is 1.94. The van der Waals surface area contributed by atoms with Crippen molar-refractivity contribution in [2.24, 2.45) is 0 Å². The minimum absolute atomic E-state index is 0.894. The zero-order chi connectivity index (χ0) is 9.84. The van der Waals surface area contributed by atoms with E-state index in [1.165, 1.54) is 10.5 Å². The van der Waals surface area contributed by atoms with E-state index in [1.807, 2.05) is 19.0 Å². The lowest BCUT2D eigenvalue weighted by molar-refractivity contribution is 0.648. The van der Waals surface area contributed by atoms with E-state index in [0.717, 1.165) is 4.32 Å². The van der Waals surface area contributed by atoms with Gasteiger partial charge in [-0.1, -0.05) is 41.7 Å². The predicted molar refractivity (Wildman–Crippen MR) is 63.3 cm³/mol. The third kappa shape index (κ3) is 3.36. The highest BCUT2D eigenvalue weighted by molar-refractivity contribution is 8.22. The molecule has 0 aliphatic heterocycles. The molecule has 0 aliphatic carbocycles. The lowest BCUT2D eigenvalue weighted by Gasteiger charge is -2.12. The molecule has 0 atom stereocenters. The van der Waals surface area contributed by atoms with E-state index in [-0.39, 0.29) is 0 Å². The standard InChI is InChI=1S/C10H13NS2/c1-8-5-4-6-9(7-8)13-10(12)11(2)3/h4-7H,1-3H3. The Labute approximate surface area is 89.1 Å². The number of thioether (sulfide) groups is 1. The van der Waals surface area contributed by atoms with Crippen molar-refractivity contribution in [2.45, 2.75) is 11.8 Å². The SMILES string of the molecule is Cc1cccc(SC(=S)N(C)C)c1. The monoisotopic (exact) mass is 211 g/mol. The van der Waals surface area contributed by atoms with Crippen molar-refractivity contribution < 1.29 is 0 Å². The van der Waals surface area contributed by atoms with Crippen molar-refractivity contribution in [3.8, 4) is 0 Å². The van der Waals surface area contributed by atoms with Crippen LogP contribution < -0.4 is 0 Å². The van der Waals surface area contributed by atoms with Gasteiger partial charge in [0.2, 0.25) is 0 Å². The number of hydrogen-bond acceptors (Lipinski definition) is 2. The van der Waals surface area contributed by atoms with E-state index < -0.39 is 0 Å². The molecule has 3 heteroatoms. The summed E-state index contributed by atoms with van der Waals surface area (Å²) in [6.07, 6.45) is 0. The molecule has 0 aromatic heterocycles. The van der Waals surface area contributed by atoms with Gasteiger partial charge in [0.15, 0.2) is 0 Å². The maximum Gasteiger partial charge on any atom is 0.140 e. The van der Waals surface area contributed by atoms with Crippen molar-refractivity contribution in [3.63, 3.8) is 0 Å². The predicted octanol–water partition coefficient (Wildman–Crippen LogP) is 2.93. The Morgan fingerprint density at radius 1 is 1.38 bits per heavy atom. The van der Waals surface area contributed by atoms with Crippen molar-refractivity contribution >= 4 is 28.3 Å². The Kier molecular flexibility index (Phi) is 3.75. The Hall–Kier alpha value is -0.540. The van der Waals surface area contributed by atoms with Crippen LogP contribution in [0.3, 0.4) is 0 Å². The first kappa shape index (κ1) is 10.5. The van der Waals surface area contributed by atoms with Crippen LogP contribution >= 0.6 is 24.0 Å². The molecule has 1 nitrogen and oxygen atoms in total. The third-order valence-electron chi connectivity index (χ3n) is 1.56. The van der Waals surface area contributed by atoms with E-state index >= 15 is 0 Å². The highest BCUT2D eigenvalue weighted by Gasteiger charge is 2.01. The topological polar surface area (TPSA) is 3.24 Å². The summed E-state index contributed by atoms with van der Waals surface area (Å²) in [6.45, 7) is 2.09. The van der Waals surface area contributed by atoms with E-state index in [1.54, 1.807) is 11.8 Å². The molecule has 0 spiro atoms. The first-order valence-electron chi connectivity index (χ1n) is 4.05. The molecule has 13 heavy (non-hydrogen) atoms. The van der Waals surface area contributed by atoms with Crippen molar-refractivity contribution in [2.75, 3.05) is 14.1 Å². The van der Waals surface area contributed by atoms with Crippen LogP contribution in [0.2, 0.25) is 0 Å². The third-order valence-corrected chi connectivity index (χ3v) is 3.20. The largest absolute Gasteiger partial charge is 0.363 e. The average molecular weight is 211 g/mol. The number of thiocarbonyl (C=S) groups is 1. The van der Waals surface area contributed by atoms with E-state index in [4.69, 9.17) is 12.2 Å². The quantitative estimate of drug-likeness (QED) is 0.519. The van der Waals surface area contributed by atoms with Crippen molar-refractivity contribution in [1.82, 2.24) is 4.90 Å². The van der Waals surface area contributed by atoms with Crippen molar-refractivity contribution in [1.29, 1.82) is 0 Å². The summed E-state index contributed by atoms with van der Waals surface area (Å²) in [5.74, 6) is 0. The van der Waals surface area contributed by atoms with Crippen LogP contribution in [0.4, 0.5) is 0 Å². The molecular weight excluding hydrogens is 198 g/mol. The Morgan fingerprint density at radius 3 is 2.62 bits per heavy atom. The summed E-state index contributed by atoms with van der Waals surface area (Å²) in [4.78, 5) is 3.15. The van der Waals surface area contributed by atoms with Gasteiger partial charge in [0.1, 0.15) is 4.32 Å². The Morgan fingerprint density at radius 2 is 2.08 bits per heavy atom. The average Bonchev–Trinajstić information content (AvgIpc) is 2.04. The summed E-state index contributed by atoms with van der Waals surface area (Å²) in [7, 11) is 3.93. The molecule has 0 bridgehead atoms. The first-order valence-corrected chi connectivity index (χ1v) is 5.28. The summed E-state index contributed by atoms with van der Waals surface area (Å²) in [5, 5.41) is 0. The molecule has 0 saturated carbocycles. The summed E-state index contributed by atoms with van der Waals surface area (Å²) >= 11 is 6.82. The van der Waals surface area contributed by atoms with Gasteiger partial charge >= 0.3 is 0 Å². The fourth-order valence-electron chi connectivity index (χ4n) is 0.871. The van der Waals surface area contributed by atoms with Crippen molar-refractivity contribution in [3.05, 3.63) is 29.8 Å². The van der Waals surface area contributed by atoms with E-state index in [0.29, 0.717) is 0 Å². The van der Waals surface area contributed by atoms with Gasteiger partial charge in [-0.05, 0) is 19.1 Å². The number of aryl methyl sites for hydroxylation is 1. The molecule has 0 fully saturated rings. The molecule has 1 aromatic rings. The zero-order valence-corrected chi connectivity index (χ0v) is 9.71. The Balaban J connectivity index is 2.69. The van der Waals surface area contributed by atoms with E-state index in [9.17, 15) is 0 Å². The van der Waals surface area contributed by atoms with Gasteiger partial charge in [0.05, 0.1) is 0 Å². The first-order chi connectivity index (χ1) is 6.09.